The van der Waals surface area contributed by atoms with E-state index in [1.54, 1.807) is 0 Å². The molecule has 2 nitrogen and oxygen atoms in total. The van der Waals surface area contributed by atoms with Crippen LogP contribution in [0.1, 0.15) is 48.0 Å². The van der Waals surface area contributed by atoms with E-state index in [2.05, 4.69) is 46.9 Å². The molecule has 0 amide bonds. The average molecular weight is 225 g/mol. The summed E-state index contributed by atoms with van der Waals surface area (Å²) in [5.41, 5.74) is 0.640. The van der Waals surface area contributed by atoms with E-state index in [1.807, 2.05) is 0 Å². The third kappa shape index (κ3) is 1.80. The third-order valence-corrected chi connectivity index (χ3v) is 4.83. The van der Waals surface area contributed by atoms with Crippen LogP contribution in [0.2, 0.25) is 0 Å². The summed E-state index contributed by atoms with van der Waals surface area (Å²) in [6.45, 7) is 14.9. The van der Waals surface area contributed by atoms with Gasteiger partial charge in [-0.05, 0) is 18.8 Å². The molecular formula is C14H27NO. The summed E-state index contributed by atoms with van der Waals surface area (Å²) in [6.07, 6.45) is 1.74. The van der Waals surface area contributed by atoms with Crippen molar-refractivity contribution < 1.29 is 4.74 Å². The SMILES string of the molecule is CC(NC1C2CCOC2C1(C)C)C(C)(C)C. The summed E-state index contributed by atoms with van der Waals surface area (Å²) >= 11 is 0. The highest BCUT2D eigenvalue weighted by Gasteiger charge is 2.59. The van der Waals surface area contributed by atoms with Gasteiger partial charge in [0.1, 0.15) is 0 Å². The van der Waals surface area contributed by atoms with E-state index in [0.717, 1.165) is 12.5 Å². The van der Waals surface area contributed by atoms with Gasteiger partial charge in [-0.25, -0.2) is 0 Å². The topological polar surface area (TPSA) is 21.3 Å². The van der Waals surface area contributed by atoms with Gasteiger partial charge in [0, 0.05) is 30.0 Å². The maximum absolute atomic E-state index is 5.82. The lowest BCUT2D eigenvalue weighted by molar-refractivity contribution is -0.117. The van der Waals surface area contributed by atoms with Crippen molar-refractivity contribution in [3.8, 4) is 0 Å². The van der Waals surface area contributed by atoms with Gasteiger partial charge in [0.15, 0.2) is 0 Å². The van der Waals surface area contributed by atoms with Crippen molar-refractivity contribution in [1.29, 1.82) is 0 Å². The zero-order valence-electron chi connectivity index (χ0n) is 11.6. The Morgan fingerprint density at radius 2 is 1.94 bits per heavy atom. The van der Waals surface area contributed by atoms with Gasteiger partial charge in [0.25, 0.3) is 0 Å². The summed E-state index contributed by atoms with van der Waals surface area (Å²) in [6, 6.07) is 1.19. The fraction of sp³-hybridized carbons (Fsp3) is 1.00. The molecule has 1 heterocycles. The smallest absolute Gasteiger partial charge is 0.0685 e. The Morgan fingerprint density at radius 1 is 1.31 bits per heavy atom. The van der Waals surface area contributed by atoms with Gasteiger partial charge in [0.2, 0.25) is 0 Å². The van der Waals surface area contributed by atoms with Gasteiger partial charge in [-0.15, -0.1) is 0 Å². The molecule has 94 valence electrons. The van der Waals surface area contributed by atoms with Crippen molar-refractivity contribution >= 4 is 0 Å². The molecule has 0 aromatic rings. The Bertz CT molecular complexity index is 266. The molecule has 2 heteroatoms. The highest BCUT2D eigenvalue weighted by Crippen LogP contribution is 2.52. The first-order valence-electron chi connectivity index (χ1n) is 6.62. The molecule has 1 saturated carbocycles. The Morgan fingerprint density at radius 3 is 2.50 bits per heavy atom. The van der Waals surface area contributed by atoms with Gasteiger partial charge in [-0.2, -0.15) is 0 Å². The Kier molecular flexibility index (Phi) is 2.87. The number of nitrogens with one attached hydrogen (secondary N) is 1. The fourth-order valence-corrected chi connectivity index (χ4v) is 3.18. The molecule has 16 heavy (non-hydrogen) atoms. The first kappa shape index (κ1) is 12.4. The normalized spacial score (nSPS) is 39.0. The van der Waals surface area contributed by atoms with Crippen LogP contribution in [0.5, 0.6) is 0 Å². The molecule has 2 aliphatic rings. The van der Waals surface area contributed by atoms with Crippen molar-refractivity contribution in [2.24, 2.45) is 16.7 Å². The van der Waals surface area contributed by atoms with E-state index in [1.165, 1.54) is 6.42 Å². The van der Waals surface area contributed by atoms with E-state index in [4.69, 9.17) is 4.74 Å². The van der Waals surface area contributed by atoms with Crippen molar-refractivity contribution in [2.75, 3.05) is 6.61 Å². The molecule has 0 radical (unpaired) electrons. The van der Waals surface area contributed by atoms with Crippen LogP contribution in [-0.4, -0.2) is 24.8 Å². The number of rotatable bonds is 2. The lowest BCUT2D eigenvalue weighted by Gasteiger charge is -2.56. The van der Waals surface area contributed by atoms with Gasteiger partial charge >= 0.3 is 0 Å². The van der Waals surface area contributed by atoms with Crippen LogP contribution in [0, 0.1) is 16.7 Å². The Balaban J connectivity index is 2.00. The van der Waals surface area contributed by atoms with E-state index < -0.39 is 0 Å². The molecular weight excluding hydrogens is 198 g/mol. The number of hydrogen-bond acceptors (Lipinski definition) is 2. The Hall–Kier alpha value is -0.0800. The van der Waals surface area contributed by atoms with Gasteiger partial charge in [-0.1, -0.05) is 34.6 Å². The molecule has 0 spiro atoms. The van der Waals surface area contributed by atoms with Crippen molar-refractivity contribution in [1.82, 2.24) is 5.32 Å². The van der Waals surface area contributed by atoms with Crippen LogP contribution >= 0.6 is 0 Å². The van der Waals surface area contributed by atoms with Crippen LogP contribution in [0.4, 0.5) is 0 Å². The fourth-order valence-electron chi connectivity index (χ4n) is 3.18. The van der Waals surface area contributed by atoms with Gasteiger partial charge in [0.05, 0.1) is 6.10 Å². The maximum Gasteiger partial charge on any atom is 0.0685 e. The molecule has 4 atom stereocenters. The quantitative estimate of drug-likeness (QED) is 0.780. The van der Waals surface area contributed by atoms with Crippen molar-refractivity contribution in [3.05, 3.63) is 0 Å². The molecule has 0 aromatic heterocycles. The van der Waals surface area contributed by atoms with E-state index in [-0.39, 0.29) is 0 Å². The highest BCUT2D eigenvalue weighted by atomic mass is 16.5. The number of hydrogen-bond donors (Lipinski definition) is 1. The van der Waals surface area contributed by atoms with Crippen LogP contribution < -0.4 is 5.32 Å². The molecule has 2 fully saturated rings. The largest absolute Gasteiger partial charge is 0.377 e. The monoisotopic (exact) mass is 225 g/mol. The predicted molar refractivity (Wildman–Crippen MR) is 67.5 cm³/mol. The third-order valence-electron chi connectivity index (χ3n) is 4.83. The first-order valence-corrected chi connectivity index (χ1v) is 6.62. The molecule has 1 saturated heterocycles. The second-order valence-corrected chi connectivity index (χ2v) is 7.30. The minimum atomic E-state index is 0.306. The summed E-state index contributed by atoms with van der Waals surface area (Å²) in [5.74, 6) is 0.750. The number of ether oxygens (including phenoxy) is 1. The van der Waals surface area contributed by atoms with E-state index in [0.29, 0.717) is 29.0 Å². The molecule has 0 bridgehead atoms. The van der Waals surface area contributed by atoms with Crippen LogP contribution in [0.3, 0.4) is 0 Å². The average Bonchev–Trinajstić information content (AvgIpc) is 2.58. The summed E-state index contributed by atoms with van der Waals surface area (Å²) in [5, 5.41) is 3.84. The van der Waals surface area contributed by atoms with Crippen LogP contribution in [-0.2, 0) is 4.74 Å². The summed E-state index contributed by atoms with van der Waals surface area (Å²) < 4.78 is 5.82. The lowest BCUT2D eigenvalue weighted by Crippen LogP contribution is -2.68. The highest BCUT2D eigenvalue weighted by molar-refractivity contribution is 5.12. The molecule has 1 aliphatic heterocycles. The van der Waals surface area contributed by atoms with Crippen molar-refractivity contribution in [2.45, 2.75) is 66.2 Å². The van der Waals surface area contributed by atoms with Crippen LogP contribution in [0.15, 0.2) is 0 Å². The molecule has 1 aliphatic carbocycles. The summed E-state index contributed by atoms with van der Waals surface area (Å²) in [4.78, 5) is 0. The van der Waals surface area contributed by atoms with E-state index >= 15 is 0 Å². The van der Waals surface area contributed by atoms with Gasteiger partial charge < -0.3 is 10.1 Å². The first-order chi connectivity index (χ1) is 7.24. The molecule has 1 N–H and O–H groups in total. The zero-order valence-corrected chi connectivity index (χ0v) is 11.6. The van der Waals surface area contributed by atoms with E-state index in [9.17, 15) is 0 Å². The molecule has 0 aromatic carbocycles. The minimum absolute atomic E-state index is 0.306. The van der Waals surface area contributed by atoms with Gasteiger partial charge in [-0.3, -0.25) is 0 Å². The summed E-state index contributed by atoms with van der Waals surface area (Å²) in [7, 11) is 0. The zero-order chi connectivity index (χ0) is 12.1. The second kappa shape index (κ2) is 3.71. The standard InChI is InChI=1S/C14H27NO/c1-9(13(2,3)4)15-11-10-7-8-16-12(10)14(11,5)6/h9-12,15H,7-8H2,1-6H3. The molecule has 4 unspecified atom stereocenters. The second-order valence-electron chi connectivity index (χ2n) is 7.30. The van der Waals surface area contributed by atoms with Crippen molar-refractivity contribution in [3.63, 3.8) is 0 Å². The minimum Gasteiger partial charge on any atom is -0.377 e. The predicted octanol–water partition coefficient (Wildman–Crippen LogP) is 2.82. The molecule has 2 rings (SSSR count). The maximum atomic E-state index is 5.82. The number of fused-ring (bicyclic) bond motifs is 1. The Labute approximate surface area is 100 Å². The lowest BCUT2D eigenvalue weighted by atomic mass is 9.57. The van der Waals surface area contributed by atoms with Crippen LogP contribution in [0.25, 0.3) is 0 Å².